The second-order valence-electron chi connectivity index (χ2n) is 8.94. The van der Waals surface area contributed by atoms with Gasteiger partial charge in [-0.15, -0.1) is 0 Å². The van der Waals surface area contributed by atoms with E-state index in [9.17, 15) is 14.7 Å². The summed E-state index contributed by atoms with van der Waals surface area (Å²) >= 11 is 0. The number of esters is 1. The number of ether oxygens (including phenoxy) is 1. The first-order valence-corrected chi connectivity index (χ1v) is 13.2. The molecule has 0 aliphatic carbocycles. The lowest BCUT2D eigenvalue weighted by Crippen LogP contribution is -2.19. The summed E-state index contributed by atoms with van der Waals surface area (Å²) in [5.74, 6) is -0.879. The van der Waals surface area contributed by atoms with E-state index in [0.717, 1.165) is 68.1 Å². The van der Waals surface area contributed by atoms with Crippen LogP contribution in [0.25, 0.3) is 0 Å². The van der Waals surface area contributed by atoms with Crippen molar-refractivity contribution >= 4 is 11.8 Å². The average Bonchev–Trinajstić information content (AvgIpc) is 2.86. The SMILES string of the molecule is CCCCCCOC(=O)c1c(CC)c(CC)c(CCCCCC)c(O)c1C(=O)c1ccccc1. The number of aromatic hydroxyl groups is 1. The van der Waals surface area contributed by atoms with Crippen LogP contribution in [0.15, 0.2) is 30.3 Å². The lowest BCUT2D eigenvalue weighted by atomic mass is 9.83. The van der Waals surface area contributed by atoms with Gasteiger partial charge in [-0.3, -0.25) is 4.79 Å². The Balaban J connectivity index is 2.59. The number of carbonyl (C=O) groups is 2. The Bertz CT molecular complexity index is 931. The normalized spacial score (nSPS) is 10.9. The van der Waals surface area contributed by atoms with Crippen LogP contribution in [-0.4, -0.2) is 23.5 Å². The van der Waals surface area contributed by atoms with Crippen LogP contribution in [0.3, 0.4) is 0 Å². The minimum atomic E-state index is -0.504. The van der Waals surface area contributed by atoms with Gasteiger partial charge in [0.05, 0.1) is 17.7 Å². The molecule has 0 saturated heterocycles. The first kappa shape index (κ1) is 27.6. The van der Waals surface area contributed by atoms with E-state index in [4.69, 9.17) is 4.74 Å². The molecule has 0 aliphatic heterocycles. The standard InChI is InChI=1S/C30H42O4/c1-5-9-11-16-20-25-23(7-3)24(8-4)26(30(33)34-21-17-12-10-6-2)27(29(25)32)28(31)22-18-14-13-15-19-22/h13-15,18-19,32H,5-12,16-17,20-21H2,1-4H3. The minimum absolute atomic E-state index is 0.0441. The molecule has 186 valence electrons. The van der Waals surface area contributed by atoms with Crippen molar-refractivity contribution in [1.82, 2.24) is 0 Å². The molecule has 4 heteroatoms. The molecule has 2 aromatic rings. The van der Waals surface area contributed by atoms with E-state index < -0.39 is 5.97 Å². The van der Waals surface area contributed by atoms with Crippen LogP contribution in [0.2, 0.25) is 0 Å². The van der Waals surface area contributed by atoms with Crippen LogP contribution in [0.5, 0.6) is 5.75 Å². The van der Waals surface area contributed by atoms with Crippen molar-refractivity contribution in [3.05, 3.63) is 63.7 Å². The maximum Gasteiger partial charge on any atom is 0.339 e. The Morgan fingerprint density at radius 3 is 1.94 bits per heavy atom. The molecule has 2 rings (SSSR count). The summed E-state index contributed by atoms with van der Waals surface area (Å²) in [6.07, 6.45) is 10.3. The average molecular weight is 467 g/mol. The number of rotatable bonds is 15. The molecule has 0 fully saturated rings. The van der Waals surface area contributed by atoms with Gasteiger partial charge in [0.1, 0.15) is 5.75 Å². The summed E-state index contributed by atoms with van der Waals surface area (Å²) in [5.41, 5.74) is 3.44. The van der Waals surface area contributed by atoms with Gasteiger partial charge in [0, 0.05) is 5.56 Å². The molecule has 4 nitrogen and oxygen atoms in total. The number of unbranched alkanes of at least 4 members (excludes halogenated alkanes) is 6. The smallest absolute Gasteiger partial charge is 0.339 e. The molecule has 0 saturated carbocycles. The highest BCUT2D eigenvalue weighted by Crippen LogP contribution is 2.37. The summed E-state index contributed by atoms with van der Waals surface area (Å²) in [6, 6.07) is 8.88. The highest BCUT2D eigenvalue weighted by atomic mass is 16.5. The number of phenolic OH excluding ortho intramolecular Hbond substituents is 1. The lowest BCUT2D eigenvalue weighted by molar-refractivity contribution is 0.0493. The Morgan fingerprint density at radius 2 is 1.35 bits per heavy atom. The number of benzene rings is 2. The van der Waals surface area contributed by atoms with E-state index in [1.54, 1.807) is 24.3 Å². The predicted octanol–water partition coefficient (Wildman–Crippen LogP) is 7.61. The molecule has 0 amide bonds. The van der Waals surface area contributed by atoms with E-state index in [1.807, 2.05) is 19.9 Å². The van der Waals surface area contributed by atoms with Crippen molar-refractivity contribution in [3.8, 4) is 5.75 Å². The highest BCUT2D eigenvalue weighted by molar-refractivity contribution is 6.17. The molecule has 0 heterocycles. The van der Waals surface area contributed by atoms with E-state index in [0.29, 0.717) is 31.4 Å². The van der Waals surface area contributed by atoms with E-state index in [-0.39, 0.29) is 22.7 Å². The van der Waals surface area contributed by atoms with Gasteiger partial charge < -0.3 is 9.84 Å². The third-order valence-electron chi connectivity index (χ3n) is 6.49. The fraction of sp³-hybridized carbons (Fsp3) is 0.533. The molecular weight excluding hydrogens is 424 g/mol. The zero-order valence-corrected chi connectivity index (χ0v) is 21.5. The van der Waals surface area contributed by atoms with Crippen molar-refractivity contribution in [3.63, 3.8) is 0 Å². The van der Waals surface area contributed by atoms with Gasteiger partial charge in [0.25, 0.3) is 0 Å². The van der Waals surface area contributed by atoms with Crippen LogP contribution in [0, 0.1) is 0 Å². The first-order valence-electron chi connectivity index (χ1n) is 13.2. The van der Waals surface area contributed by atoms with Crippen LogP contribution in [0.4, 0.5) is 0 Å². The maximum atomic E-state index is 13.6. The molecule has 0 unspecified atom stereocenters. The monoisotopic (exact) mass is 466 g/mol. The van der Waals surface area contributed by atoms with Gasteiger partial charge in [-0.25, -0.2) is 4.79 Å². The summed E-state index contributed by atoms with van der Waals surface area (Å²) in [5, 5.41) is 11.5. The molecule has 2 aromatic carbocycles. The van der Waals surface area contributed by atoms with E-state index >= 15 is 0 Å². The molecule has 1 N–H and O–H groups in total. The fourth-order valence-corrected chi connectivity index (χ4v) is 4.66. The first-order chi connectivity index (χ1) is 16.5. The van der Waals surface area contributed by atoms with Gasteiger partial charge in [0.15, 0.2) is 5.78 Å². The third-order valence-corrected chi connectivity index (χ3v) is 6.49. The molecule has 0 aliphatic rings. The van der Waals surface area contributed by atoms with Gasteiger partial charge in [-0.2, -0.15) is 0 Å². The second kappa shape index (κ2) is 14.6. The predicted molar refractivity (Wildman–Crippen MR) is 139 cm³/mol. The van der Waals surface area contributed by atoms with Crippen molar-refractivity contribution in [1.29, 1.82) is 0 Å². The van der Waals surface area contributed by atoms with Crippen molar-refractivity contribution in [2.45, 2.75) is 98.3 Å². The van der Waals surface area contributed by atoms with Gasteiger partial charge in [-0.05, 0) is 48.8 Å². The lowest BCUT2D eigenvalue weighted by Gasteiger charge is -2.22. The minimum Gasteiger partial charge on any atom is -0.507 e. The Hall–Kier alpha value is -2.62. The molecule has 0 spiro atoms. The molecular formula is C30H42O4. The van der Waals surface area contributed by atoms with Crippen LogP contribution >= 0.6 is 0 Å². The van der Waals surface area contributed by atoms with E-state index in [1.165, 1.54) is 0 Å². The molecule has 0 bridgehead atoms. The number of ketones is 1. The van der Waals surface area contributed by atoms with Gasteiger partial charge >= 0.3 is 5.97 Å². The summed E-state index contributed by atoms with van der Waals surface area (Å²) in [4.78, 5) is 27.0. The second-order valence-corrected chi connectivity index (χ2v) is 8.94. The van der Waals surface area contributed by atoms with Crippen molar-refractivity contribution in [2.24, 2.45) is 0 Å². The third kappa shape index (κ3) is 6.94. The molecule has 34 heavy (non-hydrogen) atoms. The van der Waals surface area contributed by atoms with Crippen LogP contribution in [0.1, 0.15) is 122 Å². The zero-order chi connectivity index (χ0) is 24.9. The van der Waals surface area contributed by atoms with Crippen molar-refractivity contribution < 1.29 is 19.4 Å². The van der Waals surface area contributed by atoms with E-state index in [2.05, 4.69) is 13.8 Å². The largest absolute Gasteiger partial charge is 0.507 e. The molecule has 0 atom stereocenters. The molecule has 0 radical (unpaired) electrons. The fourth-order valence-electron chi connectivity index (χ4n) is 4.66. The maximum absolute atomic E-state index is 13.6. The quantitative estimate of drug-likeness (QED) is 0.167. The molecule has 0 aromatic heterocycles. The van der Waals surface area contributed by atoms with Crippen LogP contribution < -0.4 is 0 Å². The number of carbonyl (C=O) groups excluding carboxylic acids is 2. The number of hydrogen-bond acceptors (Lipinski definition) is 4. The summed E-state index contributed by atoms with van der Waals surface area (Å²) in [7, 11) is 0. The summed E-state index contributed by atoms with van der Waals surface area (Å²) in [6.45, 7) is 8.68. The Labute approximate surface area is 205 Å². The highest BCUT2D eigenvalue weighted by Gasteiger charge is 2.31. The van der Waals surface area contributed by atoms with Crippen LogP contribution in [-0.2, 0) is 24.0 Å². The Kier molecular flexibility index (Phi) is 11.9. The summed E-state index contributed by atoms with van der Waals surface area (Å²) < 4.78 is 5.65. The number of hydrogen-bond donors (Lipinski definition) is 1. The topological polar surface area (TPSA) is 63.6 Å². The zero-order valence-electron chi connectivity index (χ0n) is 21.5. The van der Waals surface area contributed by atoms with Crippen molar-refractivity contribution in [2.75, 3.05) is 6.61 Å². The number of phenols is 1. The van der Waals surface area contributed by atoms with Gasteiger partial charge in [-0.1, -0.05) is 96.6 Å². The van der Waals surface area contributed by atoms with Gasteiger partial charge in [0.2, 0.25) is 0 Å². The Morgan fingerprint density at radius 1 is 0.735 bits per heavy atom.